The molecule has 8 nitrogen and oxygen atoms in total. The SMILES string of the molecule is Cc1cc(C(=O)N2CCN(c3ccccn3)CC2)nc(NCCCN(C)C)n1. The van der Waals surface area contributed by atoms with Gasteiger partial charge in [0.25, 0.3) is 5.91 Å². The van der Waals surface area contributed by atoms with Gasteiger partial charge in [0.2, 0.25) is 5.95 Å². The third kappa shape index (κ3) is 5.39. The number of aromatic nitrogens is 3. The molecule has 28 heavy (non-hydrogen) atoms. The van der Waals surface area contributed by atoms with Gasteiger partial charge in [0.15, 0.2) is 0 Å². The number of carbonyl (C=O) groups excluding carboxylic acids is 1. The number of aryl methyl sites for hydroxylation is 1. The van der Waals surface area contributed by atoms with Crippen LogP contribution in [0.5, 0.6) is 0 Å². The van der Waals surface area contributed by atoms with E-state index >= 15 is 0 Å². The van der Waals surface area contributed by atoms with Gasteiger partial charge in [0, 0.05) is 44.6 Å². The molecule has 1 amide bonds. The third-order valence-electron chi connectivity index (χ3n) is 4.68. The normalized spacial score (nSPS) is 14.4. The molecule has 2 aromatic rings. The van der Waals surface area contributed by atoms with E-state index in [1.54, 1.807) is 12.3 Å². The summed E-state index contributed by atoms with van der Waals surface area (Å²) in [5.74, 6) is 1.44. The van der Waals surface area contributed by atoms with Gasteiger partial charge >= 0.3 is 0 Å². The summed E-state index contributed by atoms with van der Waals surface area (Å²) in [7, 11) is 4.10. The molecule has 2 aromatic heterocycles. The highest BCUT2D eigenvalue weighted by Gasteiger charge is 2.24. The van der Waals surface area contributed by atoms with Crippen molar-refractivity contribution >= 4 is 17.7 Å². The number of hydrogen-bond acceptors (Lipinski definition) is 7. The van der Waals surface area contributed by atoms with Crippen LogP contribution in [0.4, 0.5) is 11.8 Å². The maximum absolute atomic E-state index is 12.9. The molecule has 1 N–H and O–H groups in total. The first-order valence-electron chi connectivity index (χ1n) is 9.72. The highest BCUT2D eigenvalue weighted by Crippen LogP contribution is 2.15. The second-order valence-electron chi connectivity index (χ2n) is 7.27. The molecule has 0 atom stereocenters. The van der Waals surface area contributed by atoms with Crippen LogP contribution in [0.15, 0.2) is 30.5 Å². The van der Waals surface area contributed by atoms with Gasteiger partial charge in [-0.3, -0.25) is 4.79 Å². The summed E-state index contributed by atoms with van der Waals surface area (Å²) in [5.41, 5.74) is 1.24. The van der Waals surface area contributed by atoms with E-state index in [9.17, 15) is 4.79 Å². The Morgan fingerprint density at radius 3 is 2.64 bits per heavy atom. The van der Waals surface area contributed by atoms with Crippen LogP contribution in [-0.2, 0) is 0 Å². The standard InChI is InChI=1S/C20H29N7O/c1-16-15-17(24-20(23-16)22-9-6-10-25(2)3)19(28)27-13-11-26(12-14-27)18-7-4-5-8-21-18/h4-5,7-8,15H,6,9-14H2,1-3H3,(H,22,23,24). The number of amides is 1. The van der Waals surface area contributed by atoms with E-state index in [0.717, 1.165) is 44.1 Å². The zero-order chi connectivity index (χ0) is 19.9. The molecule has 0 saturated carbocycles. The minimum Gasteiger partial charge on any atom is -0.354 e. The molecular formula is C20H29N7O. The summed E-state index contributed by atoms with van der Waals surface area (Å²) in [6.07, 6.45) is 2.78. The van der Waals surface area contributed by atoms with E-state index in [1.807, 2.05) is 44.1 Å². The van der Waals surface area contributed by atoms with Gasteiger partial charge in [-0.15, -0.1) is 0 Å². The minimum absolute atomic E-state index is 0.0393. The molecule has 3 heterocycles. The fourth-order valence-corrected chi connectivity index (χ4v) is 3.19. The van der Waals surface area contributed by atoms with Gasteiger partial charge < -0.3 is 20.0 Å². The van der Waals surface area contributed by atoms with Crippen LogP contribution in [0.2, 0.25) is 0 Å². The lowest BCUT2D eigenvalue weighted by Gasteiger charge is -2.35. The number of piperazine rings is 1. The van der Waals surface area contributed by atoms with Crippen molar-refractivity contribution in [2.45, 2.75) is 13.3 Å². The Balaban J connectivity index is 1.58. The van der Waals surface area contributed by atoms with Crippen molar-refractivity contribution in [3.63, 3.8) is 0 Å². The Kier molecular flexibility index (Phi) is 6.76. The second-order valence-corrected chi connectivity index (χ2v) is 7.27. The van der Waals surface area contributed by atoms with Crippen molar-refractivity contribution < 1.29 is 4.79 Å². The molecule has 0 radical (unpaired) electrons. The van der Waals surface area contributed by atoms with Crippen LogP contribution in [-0.4, -0.2) is 84.0 Å². The van der Waals surface area contributed by atoms with Crippen molar-refractivity contribution in [3.05, 3.63) is 41.9 Å². The summed E-state index contributed by atoms with van der Waals surface area (Å²) >= 11 is 0. The molecule has 1 saturated heterocycles. The van der Waals surface area contributed by atoms with E-state index in [-0.39, 0.29) is 5.91 Å². The predicted octanol–water partition coefficient (Wildman–Crippen LogP) is 1.51. The molecule has 0 unspecified atom stereocenters. The fourth-order valence-electron chi connectivity index (χ4n) is 3.19. The van der Waals surface area contributed by atoms with Crippen LogP contribution in [0.25, 0.3) is 0 Å². The van der Waals surface area contributed by atoms with Crippen molar-refractivity contribution in [1.29, 1.82) is 0 Å². The van der Waals surface area contributed by atoms with Gasteiger partial charge in [0.1, 0.15) is 11.5 Å². The number of nitrogens with one attached hydrogen (secondary N) is 1. The van der Waals surface area contributed by atoms with Gasteiger partial charge in [-0.1, -0.05) is 6.07 Å². The fraction of sp³-hybridized carbons (Fsp3) is 0.500. The summed E-state index contributed by atoms with van der Waals surface area (Å²) < 4.78 is 0. The number of carbonyl (C=O) groups is 1. The van der Waals surface area contributed by atoms with E-state index in [4.69, 9.17) is 0 Å². The van der Waals surface area contributed by atoms with E-state index in [2.05, 4.69) is 30.1 Å². The maximum Gasteiger partial charge on any atom is 0.272 e. The molecule has 150 valence electrons. The first kappa shape index (κ1) is 20.0. The number of anilines is 2. The highest BCUT2D eigenvalue weighted by atomic mass is 16.2. The van der Waals surface area contributed by atoms with Crippen LogP contribution < -0.4 is 10.2 Å². The average molecular weight is 384 g/mol. The first-order valence-corrected chi connectivity index (χ1v) is 9.72. The van der Waals surface area contributed by atoms with Gasteiger partial charge in [-0.25, -0.2) is 15.0 Å². The molecule has 1 fully saturated rings. The summed E-state index contributed by atoms with van der Waals surface area (Å²) in [6, 6.07) is 7.65. The molecule has 0 aliphatic carbocycles. The van der Waals surface area contributed by atoms with Crippen LogP contribution in [0.1, 0.15) is 22.6 Å². The molecule has 1 aliphatic heterocycles. The van der Waals surface area contributed by atoms with Crippen molar-refractivity contribution in [3.8, 4) is 0 Å². The zero-order valence-electron chi connectivity index (χ0n) is 16.9. The topological polar surface area (TPSA) is 77.5 Å². The molecule has 1 aliphatic rings. The van der Waals surface area contributed by atoms with E-state index < -0.39 is 0 Å². The Morgan fingerprint density at radius 2 is 1.96 bits per heavy atom. The smallest absolute Gasteiger partial charge is 0.272 e. The molecule has 0 aromatic carbocycles. The lowest BCUT2D eigenvalue weighted by Crippen LogP contribution is -2.49. The van der Waals surface area contributed by atoms with Crippen LogP contribution >= 0.6 is 0 Å². The van der Waals surface area contributed by atoms with E-state index in [1.165, 1.54) is 0 Å². The zero-order valence-corrected chi connectivity index (χ0v) is 16.9. The minimum atomic E-state index is -0.0393. The monoisotopic (exact) mass is 383 g/mol. The average Bonchev–Trinajstić information content (AvgIpc) is 2.71. The van der Waals surface area contributed by atoms with Gasteiger partial charge in [-0.05, 0) is 52.2 Å². The number of nitrogens with zero attached hydrogens (tertiary/aromatic N) is 6. The molecule has 0 bridgehead atoms. The molecule has 3 rings (SSSR count). The van der Waals surface area contributed by atoms with Gasteiger partial charge in [-0.2, -0.15) is 0 Å². The maximum atomic E-state index is 12.9. The quantitative estimate of drug-likeness (QED) is 0.726. The summed E-state index contributed by atoms with van der Waals surface area (Å²) in [4.78, 5) is 32.4. The molecule has 8 heteroatoms. The van der Waals surface area contributed by atoms with Crippen molar-refractivity contribution in [2.24, 2.45) is 0 Å². The highest BCUT2D eigenvalue weighted by molar-refractivity contribution is 5.92. The lowest BCUT2D eigenvalue weighted by molar-refractivity contribution is 0.0740. The summed E-state index contributed by atoms with van der Waals surface area (Å²) in [6.45, 7) is 6.50. The first-order chi connectivity index (χ1) is 13.5. The largest absolute Gasteiger partial charge is 0.354 e. The van der Waals surface area contributed by atoms with Crippen LogP contribution in [0.3, 0.4) is 0 Å². The van der Waals surface area contributed by atoms with Gasteiger partial charge in [0.05, 0.1) is 0 Å². The third-order valence-corrected chi connectivity index (χ3v) is 4.68. The molecular weight excluding hydrogens is 354 g/mol. The number of rotatable bonds is 7. The Hall–Kier alpha value is -2.74. The van der Waals surface area contributed by atoms with Crippen molar-refractivity contribution in [1.82, 2.24) is 24.8 Å². The van der Waals surface area contributed by atoms with E-state index in [0.29, 0.717) is 24.7 Å². The molecule has 0 spiro atoms. The number of pyridine rings is 1. The predicted molar refractivity (Wildman–Crippen MR) is 111 cm³/mol. The lowest BCUT2D eigenvalue weighted by atomic mass is 10.2. The summed E-state index contributed by atoms with van der Waals surface area (Å²) in [5, 5.41) is 3.23. The number of hydrogen-bond donors (Lipinski definition) is 1. The van der Waals surface area contributed by atoms with Crippen molar-refractivity contribution in [2.75, 3.05) is 63.6 Å². The van der Waals surface area contributed by atoms with Crippen LogP contribution in [0, 0.1) is 6.92 Å². The second kappa shape index (κ2) is 9.45. The Bertz CT molecular complexity index is 773. The Labute approximate surface area is 166 Å². The Morgan fingerprint density at radius 1 is 1.18 bits per heavy atom.